The van der Waals surface area contributed by atoms with Crippen molar-refractivity contribution in [3.8, 4) is 6.07 Å². The van der Waals surface area contributed by atoms with Crippen LogP contribution < -0.4 is 10.2 Å². The molecule has 1 aliphatic carbocycles. The molecule has 2 atom stereocenters. The first-order chi connectivity index (χ1) is 10.2. The van der Waals surface area contributed by atoms with Crippen molar-refractivity contribution >= 4 is 5.69 Å². The molecule has 0 aromatic heterocycles. The van der Waals surface area contributed by atoms with Gasteiger partial charge >= 0.3 is 0 Å². The lowest BCUT2D eigenvalue weighted by Crippen LogP contribution is -2.45. The van der Waals surface area contributed by atoms with Gasteiger partial charge in [-0.1, -0.05) is 12.5 Å². The third-order valence-corrected chi connectivity index (χ3v) is 5.25. The van der Waals surface area contributed by atoms with Crippen molar-refractivity contribution in [2.24, 2.45) is 5.92 Å². The van der Waals surface area contributed by atoms with Crippen LogP contribution in [0, 0.1) is 23.1 Å². The highest BCUT2D eigenvalue weighted by Gasteiger charge is 2.41. The van der Waals surface area contributed by atoms with Crippen molar-refractivity contribution in [1.29, 1.82) is 5.26 Å². The molecular weight excluding hydrogens is 265 g/mol. The molecule has 1 N–H and O–H groups in total. The van der Waals surface area contributed by atoms with E-state index in [1.54, 1.807) is 12.1 Å². The third-order valence-electron chi connectivity index (χ3n) is 5.25. The highest BCUT2D eigenvalue weighted by atomic mass is 19.1. The van der Waals surface area contributed by atoms with Crippen molar-refractivity contribution < 1.29 is 4.39 Å². The number of nitrogens with zero attached hydrogens (tertiary/aromatic N) is 2. The fourth-order valence-corrected chi connectivity index (χ4v) is 3.96. The number of benzene rings is 1. The number of rotatable bonds is 4. The van der Waals surface area contributed by atoms with Crippen LogP contribution in [0.4, 0.5) is 10.1 Å². The van der Waals surface area contributed by atoms with Gasteiger partial charge in [0.1, 0.15) is 11.4 Å². The fourth-order valence-electron chi connectivity index (χ4n) is 3.96. The molecule has 1 fully saturated rings. The Morgan fingerprint density at radius 1 is 1.52 bits per heavy atom. The van der Waals surface area contributed by atoms with E-state index in [1.807, 2.05) is 13.1 Å². The van der Waals surface area contributed by atoms with E-state index in [0.29, 0.717) is 5.92 Å². The van der Waals surface area contributed by atoms with Gasteiger partial charge in [0, 0.05) is 18.8 Å². The minimum absolute atomic E-state index is 0.164. The summed E-state index contributed by atoms with van der Waals surface area (Å²) in [4.78, 5) is 2.27. The van der Waals surface area contributed by atoms with E-state index in [0.717, 1.165) is 50.9 Å². The molecule has 1 aromatic rings. The van der Waals surface area contributed by atoms with E-state index in [1.165, 1.54) is 5.56 Å². The molecule has 2 unspecified atom stereocenters. The van der Waals surface area contributed by atoms with E-state index in [9.17, 15) is 9.65 Å². The zero-order valence-corrected chi connectivity index (χ0v) is 12.5. The number of hydrogen-bond donors (Lipinski definition) is 1. The smallest absolute Gasteiger partial charge is 0.125 e. The van der Waals surface area contributed by atoms with Crippen molar-refractivity contribution in [3.63, 3.8) is 0 Å². The van der Waals surface area contributed by atoms with E-state index in [2.05, 4.69) is 16.3 Å². The summed E-state index contributed by atoms with van der Waals surface area (Å²) >= 11 is 0. The lowest BCUT2D eigenvalue weighted by atomic mass is 9.86. The maximum absolute atomic E-state index is 13.4. The van der Waals surface area contributed by atoms with Gasteiger partial charge in [-0.2, -0.15) is 5.26 Å². The molecule has 0 spiro atoms. The Labute approximate surface area is 125 Å². The van der Waals surface area contributed by atoms with Crippen molar-refractivity contribution in [2.45, 2.75) is 37.6 Å². The predicted molar refractivity (Wildman–Crippen MR) is 81.7 cm³/mol. The Bertz CT molecular complexity index is 566. The van der Waals surface area contributed by atoms with Crippen LogP contribution in [0.15, 0.2) is 18.2 Å². The van der Waals surface area contributed by atoms with Crippen LogP contribution in [0.25, 0.3) is 0 Å². The topological polar surface area (TPSA) is 39.1 Å². The van der Waals surface area contributed by atoms with Gasteiger partial charge in [0.15, 0.2) is 0 Å². The van der Waals surface area contributed by atoms with Crippen molar-refractivity contribution in [1.82, 2.24) is 5.32 Å². The number of halogens is 1. The monoisotopic (exact) mass is 287 g/mol. The molecular formula is C17H22FN3. The summed E-state index contributed by atoms with van der Waals surface area (Å²) < 4.78 is 13.4. The number of fused-ring (bicyclic) bond motifs is 1. The van der Waals surface area contributed by atoms with Crippen LogP contribution in [-0.4, -0.2) is 25.7 Å². The van der Waals surface area contributed by atoms with Gasteiger partial charge in [0.05, 0.1) is 6.07 Å². The minimum Gasteiger partial charge on any atom is -0.371 e. The van der Waals surface area contributed by atoms with Crippen LogP contribution in [-0.2, 0) is 6.42 Å². The molecule has 1 heterocycles. The SMILES string of the molecule is CNC1(C#N)CCCC1CCN1CCc2ccc(F)cc21. The average Bonchev–Trinajstić information content (AvgIpc) is 3.08. The van der Waals surface area contributed by atoms with E-state index >= 15 is 0 Å². The zero-order valence-electron chi connectivity index (χ0n) is 12.5. The molecule has 3 nitrogen and oxygen atoms in total. The Morgan fingerprint density at radius 2 is 2.38 bits per heavy atom. The van der Waals surface area contributed by atoms with E-state index in [4.69, 9.17) is 0 Å². The molecule has 3 rings (SSSR count). The number of nitriles is 1. The normalized spacial score (nSPS) is 27.7. The lowest BCUT2D eigenvalue weighted by Gasteiger charge is -2.30. The minimum atomic E-state index is -0.357. The third kappa shape index (κ3) is 2.51. The Balaban J connectivity index is 1.68. The summed E-state index contributed by atoms with van der Waals surface area (Å²) in [7, 11) is 1.89. The zero-order chi connectivity index (χ0) is 14.9. The number of hydrogen-bond acceptors (Lipinski definition) is 3. The van der Waals surface area contributed by atoms with Gasteiger partial charge < -0.3 is 10.2 Å². The average molecular weight is 287 g/mol. The van der Waals surface area contributed by atoms with Crippen LogP contribution in [0.1, 0.15) is 31.2 Å². The van der Waals surface area contributed by atoms with Gasteiger partial charge in [0.2, 0.25) is 0 Å². The van der Waals surface area contributed by atoms with Gasteiger partial charge in [0.25, 0.3) is 0 Å². The highest BCUT2D eigenvalue weighted by molar-refractivity contribution is 5.58. The second kappa shape index (κ2) is 5.65. The summed E-state index contributed by atoms with van der Waals surface area (Å²) in [5, 5.41) is 12.7. The molecule has 1 saturated carbocycles. The van der Waals surface area contributed by atoms with Gasteiger partial charge in [-0.05, 0) is 56.3 Å². The Morgan fingerprint density at radius 3 is 3.14 bits per heavy atom. The largest absolute Gasteiger partial charge is 0.371 e. The van der Waals surface area contributed by atoms with Gasteiger partial charge in [-0.25, -0.2) is 4.39 Å². The summed E-state index contributed by atoms with van der Waals surface area (Å²) in [5.41, 5.74) is 1.92. The standard InChI is InChI=1S/C17H22FN3/c1-20-17(12-19)8-2-3-14(17)7-10-21-9-6-13-4-5-15(18)11-16(13)21/h4-5,11,14,20H,2-3,6-10H2,1H3. The van der Waals surface area contributed by atoms with Gasteiger partial charge in [-0.3, -0.25) is 0 Å². The van der Waals surface area contributed by atoms with E-state index in [-0.39, 0.29) is 11.4 Å². The first-order valence-corrected chi connectivity index (χ1v) is 7.82. The second-order valence-electron chi connectivity index (χ2n) is 6.22. The first-order valence-electron chi connectivity index (χ1n) is 7.82. The summed E-state index contributed by atoms with van der Waals surface area (Å²) in [6, 6.07) is 7.58. The van der Waals surface area contributed by atoms with Crippen LogP contribution in [0.5, 0.6) is 0 Å². The molecule has 21 heavy (non-hydrogen) atoms. The van der Waals surface area contributed by atoms with Crippen molar-refractivity contribution in [3.05, 3.63) is 29.6 Å². The molecule has 0 amide bonds. The number of anilines is 1. The summed E-state index contributed by atoms with van der Waals surface area (Å²) in [6.45, 7) is 1.87. The first kappa shape index (κ1) is 14.3. The fraction of sp³-hybridized carbons (Fsp3) is 0.588. The predicted octanol–water partition coefficient (Wildman–Crippen LogP) is 2.86. The maximum Gasteiger partial charge on any atom is 0.125 e. The quantitative estimate of drug-likeness (QED) is 0.925. The molecule has 2 aliphatic rings. The molecule has 0 bridgehead atoms. The molecule has 0 radical (unpaired) electrons. The molecule has 0 saturated heterocycles. The summed E-state index contributed by atoms with van der Waals surface area (Å²) in [5.74, 6) is 0.230. The molecule has 1 aliphatic heterocycles. The molecule has 112 valence electrons. The Hall–Kier alpha value is -1.60. The summed E-state index contributed by atoms with van der Waals surface area (Å²) in [6.07, 6.45) is 5.15. The van der Waals surface area contributed by atoms with Crippen molar-refractivity contribution in [2.75, 3.05) is 25.0 Å². The highest BCUT2D eigenvalue weighted by Crippen LogP contribution is 2.38. The lowest BCUT2D eigenvalue weighted by molar-refractivity contribution is 0.322. The maximum atomic E-state index is 13.4. The van der Waals surface area contributed by atoms with E-state index < -0.39 is 0 Å². The van der Waals surface area contributed by atoms with Crippen LogP contribution >= 0.6 is 0 Å². The van der Waals surface area contributed by atoms with Gasteiger partial charge in [-0.15, -0.1) is 0 Å². The molecule has 4 heteroatoms. The number of nitrogens with one attached hydrogen (secondary N) is 1. The Kier molecular flexibility index (Phi) is 3.86. The van der Waals surface area contributed by atoms with Crippen LogP contribution in [0.3, 0.4) is 0 Å². The van der Waals surface area contributed by atoms with Crippen LogP contribution in [0.2, 0.25) is 0 Å². The molecule has 1 aromatic carbocycles. The second-order valence-corrected chi connectivity index (χ2v) is 6.22.